The number of carbonyl (C=O) groups excluding carboxylic acids is 1. The van der Waals surface area contributed by atoms with Crippen LogP contribution in [0.4, 0.5) is 5.00 Å². The van der Waals surface area contributed by atoms with E-state index in [-0.39, 0.29) is 5.91 Å². The zero-order valence-electron chi connectivity index (χ0n) is 10.9. The summed E-state index contributed by atoms with van der Waals surface area (Å²) in [5.74, 6) is 0.00201. The fraction of sp³-hybridized carbons (Fsp3) is 0.417. The number of hydrogen-bond acceptors (Lipinski definition) is 4. The van der Waals surface area contributed by atoms with Gasteiger partial charge in [-0.25, -0.2) is 0 Å². The van der Waals surface area contributed by atoms with Crippen molar-refractivity contribution < 1.29 is 4.79 Å². The Morgan fingerprint density at radius 3 is 2.90 bits per heavy atom. The third-order valence-electron chi connectivity index (χ3n) is 2.40. The van der Waals surface area contributed by atoms with Crippen LogP contribution in [0, 0.1) is 11.3 Å². The van der Waals surface area contributed by atoms with Crippen LogP contribution in [-0.4, -0.2) is 23.3 Å². The minimum Gasteiger partial charge on any atom is -0.371 e. The maximum Gasteiger partial charge on any atom is 0.229 e. The van der Waals surface area contributed by atoms with Gasteiger partial charge in [0.25, 0.3) is 0 Å². The number of hydrogen-bond donors (Lipinski definition) is 2. The van der Waals surface area contributed by atoms with Crippen molar-refractivity contribution >= 4 is 67.3 Å². The highest BCUT2D eigenvalue weighted by Gasteiger charge is 2.18. The van der Waals surface area contributed by atoms with Gasteiger partial charge < -0.3 is 10.2 Å². The first-order valence-corrected chi connectivity index (χ1v) is 8.42. The Morgan fingerprint density at radius 2 is 2.40 bits per heavy atom. The van der Waals surface area contributed by atoms with Gasteiger partial charge in [-0.15, -0.1) is 24.0 Å². The number of nitriles is 1. The molecule has 1 N–H and O–H groups in total. The molecule has 1 aromatic rings. The van der Waals surface area contributed by atoms with Gasteiger partial charge in [-0.3, -0.25) is 4.79 Å². The number of thiocarbonyl (C=S) groups is 1. The van der Waals surface area contributed by atoms with Crippen molar-refractivity contribution in [1.82, 2.24) is 5.32 Å². The Bertz CT molecular complexity index is 539. The third kappa shape index (κ3) is 5.05. The molecule has 0 bridgehead atoms. The molecule has 0 spiro atoms. The number of nitrogens with zero attached hydrogens (tertiary/aromatic N) is 2. The molecular weight excluding hydrogens is 378 g/mol. The molecule has 0 aliphatic carbocycles. The molecule has 0 unspecified atom stereocenters. The molecule has 0 saturated carbocycles. The van der Waals surface area contributed by atoms with E-state index in [1.165, 1.54) is 11.3 Å². The standard InChI is InChI=1S/C12H14BrN3OS3/c1-2-5-16(10(17)3-4-15-12(18)19)11-6-8(13)9(7-14)20-11/h6H,2-5H2,1H3,(H2,15,18,19). The molecule has 1 heterocycles. The van der Waals surface area contributed by atoms with Gasteiger partial charge in [0.15, 0.2) is 0 Å². The van der Waals surface area contributed by atoms with E-state index in [0.717, 1.165) is 15.9 Å². The largest absolute Gasteiger partial charge is 0.371 e. The predicted molar refractivity (Wildman–Crippen MR) is 93.6 cm³/mol. The number of nitrogens with one attached hydrogen (secondary N) is 1. The maximum atomic E-state index is 12.3. The highest BCUT2D eigenvalue weighted by Crippen LogP contribution is 2.33. The number of thiophene rings is 1. The summed E-state index contributed by atoms with van der Waals surface area (Å²) < 4.78 is 1.11. The van der Waals surface area contributed by atoms with Crippen LogP contribution in [0.25, 0.3) is 0 Å². The summed E-state index contributed by atoms with van der Waals surface area (Å²) in [6.45, 7) is 3.09. The van der Waals surface area contributed by atoms with Crippen LogP contribution in [0.5, 0.6) is 0 Å². The molecule has 0 radical (unpaired) electrons. The summed E-state index contributed by atoms with van der Waals surface area (Å²) in [5.41, 5.74) is 0. The van der Waals surface area contributed by atoms with Crippen LogP contribution >= 0.6 is 52.1 Å². The lowest BCUT2D eigenvalue weighted by Gasteiger charge is -2.20. The second-order valence-electron chi connectivity index (χ2n) is 3.90. The van der Waals surface area contributed by atoms with Gasteiger partial charge >= 0.3 is 0 Å². The fourth-order valence-corrected chi connectivity index (χ4v) is 3.36. The van der Waals surface area contributed by atoms with Crippen LogP contribution in [-0.2, 0) is 4.79 Å². The quantitative estimate of drug-likeness (QED) is 0.576. The molecule has 0 atom stereocenters. The average Bonchev–Trinajstić information content (AvgIpc) is 2.76. The van der Waals surface area contributed by atoms with Gasteiger partial charge in [0.1, 0.15) is 15.3 Å². The van der Waals surface area contributed by atoms with Crippen LogP contribution in [0.1, 0.15) is 24.6 Å². The minimum absolute atomic E-state index is 0.00201. The van der Waals surface area contributed by atoms with E-state index in [9.17, 15) is 4.79 Å². The van der Waals surface area contributed by atoms with E-state index in [1.54, 1.807) is 4.90 Å². The predicted octanol–water partition coefficient (Wildman–Crippen LogP) is 3.32. The molecule has 1 aromatic heterocycles. The third-order valence-corrected chi connectivity index (χ3v) is 4.66. The van der Waals surface area contributed by atoms with Gasteiger partial charge in [0.2, 0.25) is 5.91 Å². The normalized spacial score (nSPS) is 9.90. The number of amides is 1. The molecule has 0 aliphatic heterocycles. The first-order chi connectivity index (χ1) is 9.49. The monoisotopic (exact) mass is 391 g/mol. The number of thiol groups is 1. The van der Waals surface area contributed by atoms with Crippen LogP contribution < -0.4 is 10.2 Å². The van der Waals surface area contributed by atoms with Crippen molar-refractivity contribution in [2.24, 2.45) is 0 Å². The Labute approximate surface area is 141 Å². The second-order valence-corrected chi connectivity index (χ2v) is 6.94. The first kappa shape index (κ1) is 17.4. The van der Waals surface area contributed by atoms with Gasteiger partial charge in [-0.1, -0.05) is 19.1 Å². The van der Waals surface area contributed by atoms with Gasteiger partial charge in [0.05, 0.1) is 5.00 Å². The SMILES string of the molecule is CCCN(C(=O)CCNC(=S)S)c1cc(Br)c(C#N)s1. The van der Waals surface area contributed by atoms with E-state index in [1.807, 2.05) is 13.0 Å². The van der Waals surface area contributed by atoms with E-state index < -0.39 is 0 Å². The molecule has 1 amide bonds. The fourth-order valence-electron chi connectivity index (χ4n) is 1.56. The molecule has 0 fully saturated rings. The maximum absolute atomic E-state index is 12.3. The van der Waals surface area contributed by atoms with Crippen molar-refractivity contribution in [3.63, 3.8) is 0 Å². The van der Waals surface area contributed by atoms with E-state index >= 15 is 0 Å². The van der Waals surface area contributed by atoms with Crippen molar-refractivity contribution in [1.29, 1.82) is 5.26 Å². The summed E-state index contributed by atoms with van der Waals surface area (Å²) >= 11 is 13.4. The van der Waals surface area contributed by atoms with E-state index in [2.05, 4.69) is 39.9 Å². The molecule has 0 aromatic carbocycles. The van der Waals surface area contributed by atoms with Gasteiger partial charge in [-0.05, 0) is 28.4 Å². The van der Waals surface area contributed by atoms with E-state index in [4.69, 9.17) is 17.5 Å². The highest BCUT2D eigenvalue weighted by molar-refractivity contribution is 9.10. The van der Waals surface area contributed by atoms with Gasteiger partial charge in [0, 0.05) is 24.0 Å². The molecule has 108 valence electrons. The molecule has 0 saturated heterocycles. The summed E-state index contributed by atoms with van der Waals surface area (Å²) in [5, 5.41) is 12.6. The topological polar surface area (TPSA) is 56.1 Å². The Hall–Kier alpha value is -0.620. The van der Waals surface area contributed by atoms with Crippen LogP contribution in [0.2, 0.25) is 0 Å². The lowest BCUT2D eigenvalue weighted by Crippen LogP contribution is -2.33. The van der Waals surface area contributed by atoms with Gasteiger partial charge in [-0.2, -0.15) is 5.26 Å². The highest BCUT2D eigenvalue weighted by atomic mass is 79.9. The molecule has 1 rings (SSSR count). The lowest BCUT2D eigenvalue weighted by atomic mass is 10.3. The Morgan fingerprint density at radius 1 is 1.70 bits per heavy atom. The van der Waals surface area contributed by atoms with Crippen LogP contribution in [0.15, 0.2) is 10.5 Å². The van der Waals surface area contributed by atoms with Crippen LogP contribution in [0.3, 0.4) is 0 Å². The summed E-state index contributed by atoms with van der Waals surface area (Å²) in [6.07, 6.45) is 1.18. The Balaban J connectivity index is 2.79. The number of carbonyl (C=O) groups is 1. The second kappa shape index (κ2) is 8.62. The molecule has 0 aliphatic rings. The molecule has 4 nitrogen and oxygen atoms in total. The zero-order chi connectivity index (χ0) is 15.1. The zero-order valence-corrected chi connectivity index (χ0v) is 15.0. The Kier molecular flexibility index (Phi) is 7.51. The number of halogens is 1. The summed E-state index contributed by atoms with van der Waals surface area (Å²) in [6, 6.07) is 3.92. The summed E-state index contributed by atoms with van der Waals surface area (Å²) in [7, 11) is 0. The summed E-state index contributed by atoms with van der Waals surface area (Å²) in [4.78, 5) is 14.5. The molecule has 8 heteroatoms. The van der Waals surface area contributed by atoms with Crippen molar-refractivity contribution in [3.05, 3.63) is 15.4 Å². The molecule has 20 heavy (non-hydrogen) atoms. The number of rotatable bonds is 6. The molecular formula is C12H14BrN3OS3. The number of anilines is 1. The van der Waals surface area contributed by atoms with Crippen molar-refractivity contribution in [2.75, 3.05) is 18.0 Å². The van der Waals surface area contributed by atoms with Crippen molar-refractivity contribution in [2.45, 2.75) is 19.8 Å². The minimum atomic E-state index is 0.00201. The van der Waals surface area contributed by atoms with E-state index in [0.29, 0.717) is 28.7 Å². The first-order valence-electron chi connectivity index (χ1n) is 5.96. The average molecular weight is 392 g/mol. The smallest absolute Gasteiger partial charge is 0.229 e. The lowest BCUT2D eigenvalue weighted by molar-refractivity contribution is -0.118. The van der Waals surface area contributed by atoms with Crippen molar-refractivity contribution in [3.8, 4) is 6.07 Å².